The molecule has 1 unspecified atom stereocenters. The van der Waals surface area contributed by atoms with Crippen molar-refractivity contribution in [3.8, 4) is 0 Å². The zero-order chi connectivity index (χ0) is 12.0. The van der Waals surface area contributed by atoms with Crippen molar-refractivity contribution in [1.29, 1.82) is 0 Å². The van der Waals surface area contributed by atoms with Gasteiger partial charge in [0.05, 0.1) is 0 Å². The first-order valence-corrected chi connectivity index (χ1v) is 6.88. The molecule has 1 atom stereocenters. The molecule has 0 bridgehead atoms. The fraction of sp³-hybridized carbons (Fsp3) is 0.333. The zero-order valence-electron chi connectivity index (χ0n) is 9.37. The van der Waals surface area contributed by atoms with Crippen molar-refractivity contribution in [2.75, 3.05) is 5.75 Å². The van der Waals surface area contributed by atoms with Crippen LogP contribution in [0, 0.1) is 0 Å². The monoisotopic (exact) mass is 300 g/mol. The van der Waals surface area contributed by atoms with E-state index >= 15 is 0 Å². The Labute approximate surface area is 110 Å². The van der Waals surface area contributed by atoms with Crippen LogP contribution in [0.15, 0.2) is 45.8 Å². The van der Waals surface area contributed by atoms with E-state index in [0.29, 0.717) is 0 Å². The number of nitrogens with one attached hydrogen (secondary N) is 1. The van der Waals surface area contributed by atoms with Crippen LogP contribution in [0.1, 0.15) is 13.3 Å². The first-order valence-electron chi connectivity index (χ1n) is 5.10. The van der Waals surface area contributed by atoms with Crippen LogP contribution in [-0.4, -0.2) is 11.8 Å². The summed E-state index contributed by atoms with van der Waals surface area (Å²) in [5.41, 5.74) is 3.98. The van der Waals surface area contributed by atoms with E-state index in [-0.39, 0.29) is 6.04 Å². The predicted molar refractivity (Wildman–Crippen MR) is 75.4 cm³/mol. The molecule has 0 fully saturated rings. The van der Waals surface area contributed by atoms with Crippen LogP contribution in [0.4, 0.5) is 0 Å². The normalized spacial score (nSPS) is 12.4. The number of hydrazine groups is 1. The van der Waals surface area contributed by atoms with Crippen LogP contribution in [0.25, 0.3) is 0 Å². The Balaban J connectivity index is 2.46. The number of halogens is 1. The molecular weight excluding hydrogens is 284 g/mol. The second kappa shape index (κ2) is 7.12. The van der Waals surface area contributed by atoms with E-state index in [2.05, 4.69) is 40.1 Å². The number of hydrogen-bond acceptors (Lipinski definition) is 3. The maximum Gasteiger partial charge on any atom is 0.0341 e. The Morgan fingerprint density at radius 2 is 2.38 bits per heavy atom. The van der Waals surface area contributed by atoms with Crippen LogP contribution < -0.4 is 11.3 Å². The molecule has 0 amide bonds. The Hall–Kier alpha value is -0.290. The third-order valence-electron chi connectivity index (χ3n) is 2.08. The van der Waals surface area contributed by atoms with Gasteiger partial charge in [0.25, 0.3) is 0 Å². The molecule has 0 aliphatic rings. The van der Waals surface area contributed by atoms with Gasteiger partial charge in [-0.05, 0) is 31.5 Å². The van der Waals surface area contributed by atoms with Gasteiger partial charge in [-0.25, -0.2) is 0 Å². The Morgan fingerprint density at radius 3 is 2.94 bits per heavy atom. The summed E-state index contributed by atoms with van der Waals surface area (Å²) < 4.78 is 1.11. The van der Waals surface area contributed by atoms with Crippen LogP contribution in [0.5, 0.6) is 0 Å². The van der Waals surface area contributed by atoms with E-state index in [0.717, 1.165) is 22.2 Å². The highest BCUT2D eigenvalue weighted by atomic mass is 79.9. The first kappa shape index (κ1) is 13.8. The zero-order valence-corrected chi connectivity index (χ0v) is 11.8. The average Bonchev–Trinajstić information content (AvgIpc) is 2.24. The van der Waals surface area contributed by atoms with E-state index in [1.54, 1.807) is 11.8 Å². The molecule has 0 saturated carbocycles. The highest BCUT2D eigenvalue weighted by Gasteiger charge is 2.07. The van der Waals surface area contributed by atoms with Crippen molar-refractivity contribution in [1.82, 2.24) is 5.43 Å². The van der Waals surface area contributed by atoms with Crippen molar-refractivity contribution in [2.45, 2.75) is 24.3 Å². The maximum atomic E-state index is 5.50. The third-order valence-corrected chi connectivity index (χ3v) is 3.73. The van der Waals surface area contributed by atoms with Crippen molar-refractivity contribution < 1.29 is 0 Å². The van der Waals surface area contributed by atoms with E-state index in [1.807, 2.05) is 19.1 Å². The van der Waals surface area contributed by atoms with Gasteiger partial charge in [-0.15, -0.1) is 18.3 Å². The summed E-state index contributed by atoms with van der Waals surface area (Å²) in [7, 11) is 0. The number of benzene rings is 1. The Bertz CT molecular complexity index is 355. The van der Waals surface area contributed by atoms with E-state index in [1.165, 1.54) is 4.90 Å². The van der Waals surface area contributed by atoms with E-state index in [4.69, 9.17) is 5.84 Å². The molecule has 0 spiro atoms. The van der Waals surface area contributed by atoms with Crippen molar-refractivity contribution >= 4 is 27.7 Å². The summed E-state index contributed by atoms with van der Waals surface area (Å²) >= 11 is 5.25. The lowest BCUT2D eigenvalue weighted by atomic mass is 10.1. The molecule has 0 radical (unpaired) electrons. The first-order chi connectivity index (χ1) is 7.61. The molecule has 1 aromatic rings. The molecule has 1 aromatic carbocycles. The fourth-order valence-corrected chi connectivity index (χ4v) is 2.88. The molecule has 88 valence electrons. The summed E-state index contributed by atoms with van der Waals surface area (Å²) in [6.07, 6.45) is 0.914. The molecule has 2 nitrogen and oxygen atoms in total. The lowest BCUT2D eigenvalue weighted by Gasteiger charge is -2.15. The predicted octanol–water partition coefficient (Wildman–Crippen LogP) is 3.34. The smallest absolute Gasteiger partial charge is 0.0341 e. The van der Waals surface area contributed by atoms with E-state index in [9.17, 15) is 0 Å². The molecule has 0 aliphatic heterocycles. The van der Waals surface area contributed by atoms with Gasteiger partial charge < -0.3 is 0 Å². The Morgan fingerprint density at radius 1 is 1.62 bits per heavy atom. The second-order valence-electron chi connectivity index (χ2n) is 3.79. The number of thioether (sulfide) groups is 1. The summed E-state index contributed by atoms with van der Waals surface area (Å²) in [6, 6.07) is 8.55. The average molecular weight is 301 g/mol. The topological polar surface area (TPSA) is 38.0 Å². The van der Waals surface area contributed by atoms with E-state index < -0.39 is 0 Å². The standard InChI is InChI=1S/C12H17BrN2S/c1-9(2)6-11(15-14)8-16-12-5-3-4-10(13)7-12/h3-5,7,11,15H,1,6,8,14H2,2H3. The molecule has 1 rings (SSSR count). The van der Waals surface area contributed by atoms with Crippen molar-refractivity contribution in [3.63, 3.8) is 0 Å². The van der Waals surface area contributed by atoms with Gasteiger partial charge in [-0.3, -0.25) is 11.3 Å². The molecule has 16 heavy (non-hydrogen) atoms. The molecule has 3 N–H and O–H groups in total. The molecule has 0 heterocycles. The summed E-state index contributed by atoms with van der Waals surface area (Å²) in [6.45, 7) is 5.92. The highest BCUT2D eigenvalue weighted by molar-refractivity contribution is 9.10. The van der Waals surface area contributed by atoms with Crippen LogP contribution >= 0.6 is 27.7 Å². The summed E-state index contributed by atoms with van der Waals surface area (Å²) in [4.78, 5) is 1.25. The molecule has 0 saturated heterocycles. The van der Waals surface area contributed by atoms with Gasteiger partial charge in [0.15, 0.2) is 0 Å². The minimum atomic E-state index is 0.279. The van der Waals surface area contributed by atoms with Gasteiger partial charge in [0, 0.05) is 21.2 Å². The van der Waals surface area contributed by atoms with Gasteiger partial charge in [0.2, 0.25) is 0 Å². The lowest BCUT2D eigenvalue weighted by Crippen LogP contribution is -2.37. The molecule has 0 aliphatic carbocycles. The van der Waals surface area contributed by atoms with Gasteiger partial charge in [-0.2, -0.15) is 0 Å². The van der Waals surface area contributed by atoms with Gasteiger partial charge in [-0.1, -0.05) is 27.6 Å². The second-order valence-corrected chi connectivity index (χ2v) is 5.80. The Kier molecular flexibility index (Phi) is 6.13. The minimum absolute atomic E-state index is 0.279. The lowest BCUT2D eigenvalue weighted by molar-refractivity contribution is 0.574. The van der Waals surface area contributed by atoms with Gasteiger partial charge in [0.1, 0.15) is 0 Å². The highest BCUT2D eigenvalue weighted by Crippen LogP contribution is 2.23. The summed E-state index contributed by atoms with van der Waals surface area (Å²) in [5.74, 6) is 6.45. The minimum Gasteiger partial charge on any atom is -0.271 e. The van der Waals surface area contributed by atoms with Crippen LogP contribution in [-0.2, 0) is 0 Å². The molecule has 0 aromatic heterocycles. The number of nitrogens with two attached hydrogens (primary N) is 1. The van der Waals surface area contributed by atoms with Gasteiger partial charge >= 0.3 is 0 Å². The van der Waals surface area contributed by atoms with Crippen molar-refractivity contribution in [3.05, 3.63) is 40.9 Å². The van der Waals surface area contributed by atoms with Crippen LogP contribution in [0.3, 0.4) is 0 Å². The number of rotatable bonds is 6. The largest absolute Gasteiger partial charge is 0.271 e. The molecule has 4 heteroatoms. The van der Waals surface area contributed by atoms with Crippen LogP contribution in [0.2, 0.25) is 0 Å². The maximum absolute atomic E-state index is 5.50. The quantitative estimate of drug-likeness (QED) is 0.366. The molecular formula is C12H17BrN2S. The van der Waals surface area contributed by atoms with Crippen molar-refractivity contribution in [2.24, 2.45) is 5.84 Å². The summed E-state index contributed by atoms with van der Waals surface area (Å²) in [5, 5.41) is 0. The fourth-order valence-electron chi connectivity index (χ4n) is 1.34. The SMILES string of the molecule is C=C(C)CC(CSc1cccc(Br)c1)NN. The third kappa shape index (κ3) is 5.16. The number of hydrogen-bond donors (Lipinski definition) is 2.